The van der Waals surface area contributed by atoms with E-state index in [0.717, 1.165) is 22.9 Å². The number of fused-ring (bicyclic) bond motifs is 2. The highest BCUT2D eigenvalue weighted by molar-refractivity contribution is 7.89. The predicted octanol–water partition coefficient (Wildman–Crippen LogP) is 3.95. The molecule has 2 heterocycles. The maximum atomic E-state index is 14.1. The number of aromatic nitrogens is 1. The standard InChI is InChI=1S/C26H25N3O3S/c30-26-23(16-19-8-2-1-3-9-19)29(18-22-11-5-4-10-21(22)17-28-26)33(31,32)24-14-6-12-20-13-7-15-27-25(20)24/h1-8,10-15,19,23H,9,16-18H2,(H,28,30)/t19?,23-/m1/s1. The Hall–Kier alpha value is -3.29. The van der Waals surface area contributed by atoms with Crippen molar-refractivity contribution >= 4 is 26.8 Å². The molecule has 2 atom stereocenters. The van der Waals surface area contributed by atoms with E-state index in [4.69, 9.17) is 0 Å². The fourth-order valence-electron chi connectivity index (χ4n) is 4.57. The topological polar surface area (TPSA) is 79.4 Å². The second kappa shape index (κ2) is 8.92. The van der Waals surface area contributed by atoms with E-state index in [0.29, 0.717) is 18.5 Å². The summed E-state index contributed by atoms with van der Waals surface area (Å²) < 4.78 is 29.7. The van der Waals surface area contributed by atoms with Crippen LogP contribution in [0.25, 0.3) is 10.9 Å². The van der Waals surface area contributed by atoms with Crippen LogP contribution >= 0.6 is 0 Å². The Morgan fingerprint density at radius 1 is 1.00 bits per heavy atom. The van der Waals surface area contributed by atoms with Gasteiger partial charge in [0, 0.05) is 24.7 Å². The Labute approximate surface area is 193 Å². The van der Waals surface area contributed by atoms with Gasteiger partial charge in [-0.25, -0.2) is 8.42 Å². The first-order valence-electron chi connectivity index (χ1n) is 11.1. The second-order valence-electron chi connectivity index (χ2n) is 8.43. The molecule has 0 spiro atoms. The summed E-state index contributed by atoms with van der Waals surface area (Å²) >= 11 is 0. The minimum Gasteiger partial charge on any atom is -0.351 e. The summed E-state index contributed by atoms with van der Waals surface area (Å²) in [5.41, 5.74) is 2.22. The molecule has 2 aliphatic rings. The molecule has 3 aromatic rings. The molecule has 6 nitrogen and oxygen atoms in total. The van der Waals surface area contributed by atoms with E-state index < -0.39 is 16.1 Å². The normalized spacial score (nSPS) is 21.3. The van der Waals surface area contributed by atoms with Gasteiger partial charge in [0.05, 0.1) is 5.52 Å². The van der Waals surface area contributed by atoms with Gasteiger partial charge in [0.25, 0.3) is 0 Å². The van der Waals surface area contributed by atoms with Crippen molar-refractivity contribution in [1.29, 1.82) is 0 Å². The Morgan fingerprint density at radius 3 is 2.64 bits per heavy atom. The molecule has 7 heteroatoms. The summed E-state index contributed by atoms with van der Waals surface area (Å²) in [7, 11) is -4.04. The van der Waals surface area contributed by atoms with Gasteiger partial charge in [0.1, 0.15) is 10.9 Å². The summed E-state index contributed by atoms with van der Waals surface area (Å²) in [4.78, 5) is 17.8. The maximum absolute atomic E-state index is 14.1. The van der Waals surface area contributed by atoms with Crippen LogP contribution in [0.5, 0.6) is 0 Å². The number of pyridine rings is 1. The number of sulfonamides is 1. The summed E-state index contributed by atoms with van der Waals surface area (Å²) in [6, 6.07) is 15.6. The van der Waals surface area contributed by atoms with E-state index >= 15 is 0 Å². The molecule has 2 aromatic carbocycles. The van der Waals surface area contributed by atoms with E-state index in [9.17, 15) is 13.2 Å². The van der Waals surface area contributed by atoms with E-state index in [1.807, 2.05) is 60.7 Å². The molecule has 5 rings (SSSR count). The van der Waals surface area contributed by atoms with Crippen molar-refractivity contribution in [3.05, 3.63) is 96.2 Å². The lowest BCUT2D eigenvalue weighted by molar-refractivity contribution is -0.125. The highest BCUT2D eigenvalue weighted by Crippen LogP contribution is 2.31. The number of nitrogens with one attached hydrogen (secondary N) is 1. The molecule has 1 amide bonds. The van der Waals surface area contributed by atoms with E-state index in [1.165, 1.54) is 4.31 Å². The molecule has 0 bridgehead atoms. The number of hydrogen-bond donors (Lipinski definition) is 1. The first kappa shape index (κ1) is 21.6. The third-order valence-electron chi connectivity index (χ3n) is 6.33. The van der Waals surface area contributed by atoms with E-state index in [2.05, 4.69) is 10.3 Å². The molecular formula is C26H25N3O3S. The second-order valence-corrected chi connectivity index (χ2v) is 10.3. The van der Waals surface area contributed by atoms with E-state index in [-0.39, 0.29) is 23.3 Å². The van der Waals surface area contributed by atoms with Gasteiger partial charge in [-0.3, -0.25) is 9.78 Å². The van der Waals surface area contributed by atoms with Gasteiger partial charge in [-0.15, -0.1) is 0 Å². The van der Waals surface area contributed by atoms with Gasteiger partial charge in [-0.05, 0) is 42.0 Å². The zero-order valence-electron chi connectivity index (χ0n) is 18.1. The highest BCUT2D eigenvalue weighted by atomic mass is 32.2. The Balaban J connectivity index is 1.63. The number of para-hydroxylation sites is 1. The van der Waals surface area contributed by atoms with Crippen LogP contribution in [0, 0.1) is 5.92 Å². The van der Waals surface area contributed by atoms with Crippen LogP contribution in [0.1, 0.15) is 24.0 Å². The number of benzene rings is 2. The lowest BCUT2D eigenvalue weighted by atomic mass is 9.92. The highest BCUT2D eigenvalue weighted by Gasteiger charge is 2.39. The quantitative estimate of drug-likeness (QED) is 0.641. The van der Waals surface area contributed by atoms with Gasteiger partial charge in [0.2, 0.25) is 15.9 Å². The van der Waals surface area contributed by atoms with Crippen molar-refractivity contribution in [3.63, 3.8) is 0 Å². The number of carbonyl (C=O) groups excluding carboxylic acids is 1. The Morgan fingerprint density at radius 2 is 1.82 bits per heavy atom. The van der Waals surface area contributed by atoms with Gasteiger partial charge >= 0.3 is 0 Å². The van der Waals surface area contributed by atoms with Gasteiger partial charge < -0.3 is 5.32 Å². The van der Waals surface area contributed by atoms with Crippen molar-refractivity contribution in [2.24, 2.45) is 5.92 Å². The van der Waals surface area contributed by atoms with Crippen LogP contribution in [-0.2, 0) is 27.9 Å². The number of amides is 1. The first-order chi connectivity index (χ1) is 16.0. The molecule has 1 N–H and O–H groups in total. The Kier molecular flexibility index (Phi) is 5.83. The van der Waals surface area contributed by atoms with Crippen molar-refractivity contribution in [1.82, 2.24) is 14.6 Å². The van der Waals surface area contributed by atoms with Crippen LogP contribution in [0.4, 0.5) is 0 Å². The molecule has 1 unspecified atom stereocenters. The summed E-state index contributed by atoms with van der Waals surface area (Å²) in [5, 5.41) is 3.71. The lowest BCUT2D eigenvalue weighted by Gasteiger charge is -2.34. The van der Waals surface area contributed by atoms with Crippen molar-refractivity contribution in [2.75, 3.05) is 0 Å². The average molecular weight is 460 g/mol. The molecule has 1 aromatic heterocycles. The van der Waals surface area contributed by atoms with E-state index in [1.54, 1.807) is 24.4 Å². The molecule has 168 valence electrons. The number of hydrogen-bond acceptors (Lipinski definition) is 4. The molecule has 1 aliphatic carbocycles. The van der Waals surface area contributed by atoms with Gasteiger partial charge in [-0.2, -0.15) is 4.31 Å². The molecule has 0 fully saturated rings. The molecule has 0 saturated carbocycles. The molecule has 1 aliphatic heterocycles. The smallest absolute Gasteiger partial charge is 0.246 e. The molecule has 0 radical (unpaired) electrons. The van der Waals surface area contributed by atoms with Crippen LogP contribution in [0.15, 0.2) is 90.0 Å². The third-order valence-corrected chi connectivity index (χ3v) is 8.21. The zero-order valence-corrected chi connectivity index (χ0v) is 18.9. The fraction of sp³-hybridized carbons (Fsp3) is 0.231. The number of nitrogens with zero attached hydrogens (tertiary/aromatic N) is 2. The summed E-state index contributed by atoms with van der Waals surface area (Å²) in [6.45, 7) is 0.516. The Bertz CT molecular complexity index is 1360. The zero-order chi connectivity index (χ0) is 22.8. The van der Waals surface area contributed by atoms with Crippen LogP contribution in [0.2, 0.25) is 0 Å². The fourth-order valence-corrected chi connectivity index (χ4v) is 6.32. The predicted molar refractivity (Wildman–Crippen MR) is 128 cm³/mol. The molecular weight excluding hydrogens is 434 g/mol. The molecule has 33 heavy (non-hydrogen) atoms. The number of rotatable bonds is 4. The average Bonchev–Trinajstić information content (AvgIpc) is 2.84. The summed E-state index contributed by atoms with van der Waals surface area (Å²) in [5.74, 6) is -0.187. The van der Waals surface area contributed by atoms with Crippen LogP contribution in [0.3, 0.4) is 0 Å². The first-order valence-corrected chi connectivity index (χ1v) is 12.5. The largest absolute Gasteiger partial charge is 0.351 e. The third kappa shape index (κ3) is 4.21. The number of carbonyl (C=O) groups is 1. The van der Waals surface area contributed by atoms with Gasteiger partial charge in [0.15, 0.2) is 0 Å². The molecule has 0 saturated heterocycles. The minimum atomic E-state index is -4.04. The monoisotopic (exact) mass is 459 g/mol. The SMILES string of the molecule is O=C1NCc2ccccc2CN(S(=O)(=O)c2cccc3cccnc23)[C@@H]1CC1C=CC=CC1. The lowest BCUT2D eigenvalue weighted by Crippen LogP contribution is -2.51. The van der Waals surface area contributed by atoms with Gasteiger partial charge in [-0.1, -0.05) is 66.8 Å². The van der Waals surface area contributed by atoms with Crippen molar-refractivity contribution in [3.8, 4) is 0 Å². The van der Waals surface area contributed by atoms with Crippen molar-refractivity contribution < 1.29 is 13.2 Å². The van der Waals surface area contributed by atoms with Crippen LogP contribution < -0.4 is 5.32 Å². The van der Waals surface area contributed by atoms with Crippen molar-refractivity contribution in [2.45, 2.75) is 36.9 Å². The number of allylic oxidation sites excluding steroid dienone is 4. The maximum Gasteiger partial charge on any atom is 0.246 e. The minimum absolute atomic E-state index is 0.0868. The van der Waals surface area contributed by atoms with Crippen LogP contribution in [-0.4, -0.2) is 29.7 Å². The summed E-state index contributed by atoms with van der Waals surface area (Å²) in [6.07, 6.45) is 10.8.